The molecule has 20 heavy (non-hydrogen) atoms. The second-order valence-corrected chi connectivity index (χ2v) is 6.81. The molecule has 0 spiro atoms. The molecule has 1 atom stereocenters. The molecule has 118 valence electrons. The Labute approximate surface area is 125 Å². The summed E-state index contributed by atoms with van der Waals surface area (Å²) in [6, 6.07) is 0.922. The molecule has 0 amide bonds. The topological polar surface area (TPSA) is 32.5 Å². The minimum Gasteiger partial charge on any atom is -0.330 e. The van der Waals surface area contributed by atoms with Crippen LogP contribution in [0.3, 0.4) is 0 Å². The second-order valence-electron chi connectivity index (χ2n) is 6.81. The van der Waals surface area contributed by atoms with Crippen molar-refractivity contribution in [2.24, 2.45) is 11.7 Å². The van der Waals surface area contributed by atoms with E-state index in [9.17, 15) is 0 Å². The van der Waals surface area contributed by atoms with Crippen molar-refractivity contribution in [1.29, 1.82) is 0 Å². The van der Waals surface area contributed by atoms with Crippen LogP contribution in [0.4, 0.5) is 0 Å². The molecule has 0 aromatic heterocycles. The van der Waals surface area contributed by atoms with E-state index in [0.29, 0.717) is 0 Å². The molecule has 1 saturated heterocycles. The normalized spacial score (nSPS) is 24.3. The Hall–Kier alpha value is -0.120. The zero-order valence-electron chi connectivity index (χ0n) is 13.5. The molecular weight excluding hydrogens is 246 g/mol. The van der Waals surface area contributed by atoms with Gasteiger partial charge in [0.2, 0.25) is 0 Å². The quantitative estimate of drug-likeness (QED) is 0.742. The van der Waals surface area contributed by atoms with Crippen LogP contribution in [-0.2, 0) is 0 Å². The van der Waals surface area contributed by atoms with E-state index in [1.807, 2.05) is 0 Å². The van der Waals surface area contributed by atoms with E-state index < -0.39 is 0 Å². The minimum absolute atomic E-state index is 0.860. The number of rotatable bonds is 8. The Morgan fingerprint density at radius 2 is 1.75 bits per heavy atom. The lowest BCUT2D eigenvalue weighted by Gasteiger charge is -2.38. The number of hydrogen-bond donors (Lipinski definition) is 1. The predicted molar refractivity (Wildman–Crippen MR) is 87.0 cm³/mol. The highest BCUT2D eigenvalue weighted by Gasteiger charge is 2.25. The summed E-state index contributed by atoms with van der Waals surface area (Å²) in [6.45, 7) is 9.68. The van der Waals surface area contributed by atoms with Crippen molar-refractivity contribution in [3.05, 3.63) is 0 Å². The summed E-state index contributed by atoms with van der Waals surface area (Å²) in [6.07, 6.45) is 11.1. The van der Waals surface area contributed by atoms with E-state index in [2.05, 4.69) is 16.7 Å². The first-order chi connectivity index (χ1) is 9.83. The van der Waals surface area contributed by atoms with Gasteiger partial charge in [0.15, 0.2) is 0 Å². The summed E-state index contributed by atoms with van der Waals surface area (Å²) < 4.78 is 0. The van der Waals surface area contributed by atoms with E-state index in [4.69, 9.17) is 5.73 Å². The molecule has 1 saturated carbocycles. The summed E-state index contributed by atoms with van der Waals surface area (Å²) in [5.74, 6) is 0.861. The molecule has 3 nitrogen and oxygen atoms in total. The summed E-state index contributed by atoms with van der Waals surface area (Å²) in [5.41, 5.74) is 5.68. The van der Waals surface area contributed by atoms with Gasteiger partial charge in [-0.2, -0.15) is 0 Å². The number of nitrogens with two attached hydrogens (primary N) is 1. The Morgan fingerprint density at radius 1 is 1.05 bits per heavy atom. The number of hydrogen-bond acceptors (Lipinski definition) is 3. The van der Waals surface area contributed by atoms with Gasteiger partial charge in [0.1, 0.15) is 0 Å². The molecule has 3 heteroatoms. The lowest BCUT2D eigenvalue weighted by atomic mass is 9.96. The van der Waals surface area contributed by atoms with Gasteiger partial charge in [0, 0.05) is 32.2 Å². The van der Waals surface area contributed by atoms with Crippen LogP contribution in [-0.4, -0.2) is 55.1 Å². The molecule has 1 aliphatic heterocycles. The van der Waals surface area contributed by atoms with Gasteiger partial charge >= 0.3 is 0 Å². The molecule has 1 aliphatic carbocycles. The van der Waals surface area contributed by atoms with Gasteiger partial charge in [0.25, 0.3) is 0 Å². The molecule has 0 bridgehead atoms. The van der Waals surface area contributed by atoms with Gasteiger partial charge in [-0.1, -0.05) is 26.2 Å². The highest BCUT2D eigenvalue weighted by Crippen LogP contribution is 2.24. The van der Waals surface area contributed by atoms with Crippen LogP contribution in [0, 0.1) is 5.92 Å². The van der Waals surface area contributed by atoms with Gasteiger partial charge in [-0.15, -0.1) is 0 Å². The fourth-order valence-electron chi connectivity index (χ4n) is 4.01. The van der Waals surface area contributed by atoms with Crippen LogP contribution in [0.5, 0.6) is 0 Å². The molecule has 2 fully saturated rings. The highest BCUT2D eigenvalue weighted by atomic mass is 15.3. The predicted octanol–water partition coefficient (Wildman–Crippen LogP) is 2.70. The summed E-state index contributed by atoms with van der Waals surface area (Å²) in [5, 5.41) is 0. The average Bonchev–Trinajstić information content (AvgIpc) is 3.01. The Bertz CT molecular complexity index is 243. The van der Waals surface area contributed by atoms with Crippen molar-refractivity contribution in [2.75, 3.05) is 39.3 Å². The Kier molecular flexibility index (Phi) is 7.32. The Morgan fingerprint density at radius 3 is 2.35 bits per heavy atom. The molecule has 2 aliphatic rings. The monoisotopic (exact) mass is 281 g/mol. The summed E-state index contributed by atoms with van der Waals surface area (Å²) >= 11 is 0. The van der Waals surface area contributed by atoms with E-state index in [1.54, 1.807) is 0 Å². The average molecular weight is 281 g/mol. The molecule has 2 rings (SSSR count). The van der Waals surface area contributed by atoms with Crippen LogP contribution in [0.15, 0.2) is 0 Å². The fourth-order valence-corrected chi connectivity index (χ4v) is 4.01. The zero-order chi connectivity index (χ0) is 14.2. The maximum Gasteiger partial charge on any atom is 0.0113 e. The first-order valence-electron chi connectivity index (χ1n) is 9.00. The van der Waals surface area contributed by atoms with Gasteiger partial charge in [-0.25, -0.2) is 0 Å². The lowest BCUT2D eigenvalue weighted by molar-refractivity contribution is 0.0958. The zero-order valence-corrected chi connectivity index (χ0v) is 13.5. The third-order valence-electron chi connectivity index (χ3n) is 5.49. The third kappa shape index (κ3) is 5.01. The molecule has 0 radical (unpaired) electrons. The van der Waals surface area contributed by atoms with Crippen LogP contribution >= 0.6 is 0 Å². The van der Waals surface area contributed by atoms with Crippen molar-refractivity contribution >= 4 is 0 Å². The number of piperazine rings is 1. The smallest absolute Gasteiger partial charge is 0.0113 e. The van der Waals surface area contributed by atoms with Crippen molar-refractivity contribution < 1.29 is 0 Å². The first-order valence-corrected chi connectivity index (χ1v) is 9.00. The molecule has 2 N–H and O–H groups in total. The van der Waals surface area contributed by atoms with Crippen molar-refractivity contribution in [3.63, 3.8) is 0 Å². The standard InChI is InChI=1S/C17H35N3/c1-2-16(9-10-18)6-5-11-19-12-14-20(15-13-19)17-7-3-4-8-17/h16-17H,2-15,18H2,1H3. The third-order valence-corrected chi connectivity index (χ3v) is 5.49. The van der Waals surface area contributed by atoms with Crippen LogP contribution < -0.4 is 5.73 Å². The summed E-state index contributed by atoms with van der Waals surface area (Å²) in [4.78, 5) is 5.44. The first kappa shape index (κ1) is 16.3. The molecule has 1 unspecified atom stereocenters. The SMILES string of the molecule is CCC(CCN)CCCN1CCN(C2CCCC2)CC1. The van der Waals surface area contributed by atoms with Gasteiger partial charge in [-0.3, -0.25) is 4.90 Å². The molecular formula is C17H35N3. The maximum absolute atomic E-state index is 5.68. The van der Waals surface area contributed by atoms with E-state index >= 15 is 0 Å². The van der Waals surface area contributed by atoms with Gasteiger partial charge in [-0.05, 0) is 51.1 Å². The fraction of sp³-hybridized carbons (Fsp3) is 1.00. The highest BCUT2D eigenvalue weighted by molar-refractivity contribution is 4.82. The van der Waals surface area contributed by atoms with E-state index in [0.717, 1.165) is 18.5 Å². The largest absolute Gasteiger partial charge is 0.330 e. The van der Waals surface area contributed by atoms with E-state index in [-0.39, 0.29) is 0 Å². The second kappa shape index (κ2) is 9.01. The van der Waals surface area contributed by atoms with Crippen molar-refractivity contribution in [2.45, 2.75) is 64.3 Å². The van der Waals surface area contributed by atoms with Crippen molar-refractivity contribution in [3.8, 4) is 0 Å². The molecule has 1 heterocycles. The molecule has 0 aromatic carbocycles. The lowest BCUT2D eigenvalue weighted by Crippen LogP contribution is -2.49. The number of nitrogens with zero attached hydrogens (tertiary/aromatic N) is 2. The van der Waals surface area contributed by atoms with Crippen LogP contribution in [0.2, 0.25) is 0 Å². The molecule has 0 aromatic rings. The Balaban J connectivity index is 1.57. The van der Waals surface area contributed by atoms with Gasteiger partial charge < -0.3 is 10.6 Å². The van der Waals surface area contributed by atoms with Crippen molar-refractivity contribution in [1.82, 2.24) is 9.80 Å². The van der Waals surface area contributed by atoms with Crippen LogP contribution in [0.1, 0.15) is 58.3 Å². The summed E-state index contributed by atoms with van der Waals surface area (Å²) in [7, 11) is 0. The van der Waals surface area contributed by atoms with E-state index in [1.165, 1.54) is 84.1 Å². The maximum atomic E-state index is 5.68. The van der Waals surface area contributed by atoms with Crippen LogP contribution in [0.25, 0.3) is 0 Å². The van der Waals surface area contributed by atoms with Gasteiger partial charge in [0.05, 0.1) is 0 Å². The minimum atomic E-state index is 0.860.